The highest BCUT2D eigenvalue weighted by Gasteiger charge is 2.17. The van der Waals surface area contributed by atoms with Crippen molar-refractivity contribution in [2.24, 2.45) is 0 Å². The first-order chi connectivity index (χ1) is 6.32. The maximum atomic E-state index is 11.7. The van der Waals surface area contributed by atoms with Gasteiger partial charge in [0.1, 0.15) is 7.14 Å². The van der Waals surface area contributed by atoms with E-state index in [2.05, 4.69) is 0 Å². The Morgan fingerprint density at radius 3 is 2.43 bits per heavy atom. The van der Waals surface area contributed by atoms with Crippen molar-refractivity contribution in [1.29, 1.82) is 0 Å². The molecule has 1 aromatic rings. The van der Waals surface area contributed by atoms with Crippen molar-refractivity contribution in [1.82, 2.24) is 0 Å². The molecule has 0 amide bonds. The van der Waals surface area contributed by atoms with Crippen LogP contribution < -0.4 is 5.30 Å². The van der Waals surface area contributed by atoms with E-state index in [0.717, 1.165) is 0 Å². The molecule has 1 N–H and O–H groups in total. The molecule has 0 bridgehead atoms. The van der Waals surface area contributed by atoms with Gasteiger partial charge in [-0.05, 0) is 31.5 Å². The van der Waals surface area contributed by atoms with E-state index < -0.39 is 13.1 Å². The fourth-order valence-corrected chi connectivity index (χ4v) is 2.83. The van der Waals surface area contributed by atoms with Crippen LogP contribution in [0, 0.1) is 0 Å². The third-order valence-electron chi connectivity index (χ3n) is 1.77. The van der Waals surface area contributed by atoms with Crippen LogP contribution in [-0.2, 0) is 4.57 Å². The molecule has 0 saturated heterocycles. The van der Waals surface area contributed by atoms with Crippen LogP contribution >= 0.6 is 18.7 Å². The minimum atomic E-state index is -2.52. The van der Waals surface area contributed by atoms with Crippen LogP contribution in [0.25, 0.3) is 0 Å². The summed E-state index contributed by atoms with van der Waals surface area (Å²) in [6, 6.07) is 4.22. The Morgan fingerprint density at radius 1 is 1.43 bits per heavy atom. The van der Waals surface area contributed by atoms with Crippen molar-refractivity contribution < 1.29 is 14.5 Å². The number of hydrogen-bond acceptors (Lipinski definition) is 2. The third kappa shape index (κ3) is 2.37. The number of carboxylic acids is 1. The van der Waals surface area contributed by atoms with Gasteiger partial charge in [0.2, 0.25) is 0 Å². The standard InChI is InChI=1S/C9H10ClO3P/c1-14(2,13)8-5-6(9(11)12)3-4-7(8)10/h3-5H,1-2H3,(H,11,12). The lowest BCUT2D eigenvalue weighted by Gasteiger charge is -2.09. The minimum absolute atomic E-state index is 0.105. The summed E-state index contributed by atoms with van der Waals surface area (Å²) in [4.78, 5) is 10.7. The van der Waals surface area contributed by atoms with Gasteiger partial charge < -0.3 is 9.67 Å². The van der Waals surface area contributed by atoms with Crippen LogP contribution in [0.2, 0.25) is 5.02 Å². The minimum Gasteiger partial charge on any atom is -0.478 e. The molecule has 0 unspecified atom stereocenters. The van der Waals surface area contributed by atoms with E-state index in [1.54, 1.807) is 13.3 Å². The summed E-state index contributed by atoms with van der Waals surface area (Å²) in [6.45, 7) is 3.11. The van der Waals surface area contributed by atoms with E-state index in [4.69, 9.17) is 16.7 Å². The van der Waals surface area contributed by atoms with Gasteiger partial charge in [0.25, 0.3) is 0 Å². The zero-order valence-electron chi connectivity index (χ0n) is 7.82. The van der Waals surface area contributed by atoms with Crippen LogP contribution in [0.1, 0.15) is 10.4 Å². The van der Waals surface area contributed by atoms with E-state index in [1.807, 2.05) is 0 Å². The van der Waals surface area contributed by atoms with E-state index in [0.29, 0.717) is 10.3 Å². The number of carboxylic acid groups (broad SMARTS) is 1. The molecule has 0 spiro atoms. The van der Waals surface area contributed by atoms with Crippen LogP contribution in [0.5, 0.6) is 0 Å². The molecule has 3 nitrogen and oxygen atoms in total. The summed E-state index contributed by atoms with van der Waals surface area (Å²) in [5, 5.41) is 9.50. The van der Waals surface area contributed by atoms with Crippen molar-refractivity contribution >= 4 is 30.0 Å². The van der Waals surface area contributed by atoms with Crippen LogP contribution in [-0.4, -0.2) is 24.4 Å². The first-order valence-corrected chi connectivity index (χ1v) is 6.88. The Balaban J connectivity index is 3.36. The largest absolute Gasteiger partial charge is 0.478 e. The summed E-state index contributed by atoms with van der Waals surface area (Å²) >= 11 is 5.82. The van der Waals surface area contributed by atoms with Gasteiger partial charge in [-0.1, -0.05) is 11.6 Å². The smallest absolute Gasteiger partial charge is 0.335 e. The van der Waals surface area contributed by atoms with Gasteiger partial charge in [-0.3, -0.25) is 0 Å². The molecule has 0 aliphatic heterocycles. The molecule has 0 aliphatic carbocycles. The Morgan fingerprint density at radius 2 is 2.00 bits per heavy atom. The van der Waals surface area contributed by atoms with Gasteiger partial charge in [0, 0.05) is 5.30 Å². The van der Waals surface area contributed by atoms with Crippen molar-refractivity contribution in [2.75, 3.05) is 13.3 Å². The first kappa shape index (κ1) is 11.3. The topological polar surface area (TPSA) is 54.4 Å². The molecule has 0 saturated carbocycles. The summed E-state index contributed by atoms with van der Waals surface area (Å²) in [7, 11) is -2.52. The van der Waals surface area contributed by atoms with E-state index in [-0.39, 0.29) is 5.56 Å². The Kier molecular flexibility index (Phi) is 3.03. The number of hydrogen-bond donors (Lipinski definition) is 1. The predicted molar refractivity (Wildman–Crippen MR) is 57.5 cm³/mol. The van der Waals surface area contributed by atoms with Crippen molar-refractivity contribution in [3.05, 3.63) is 28.8 Å². The summed E-state index contributed by atoms with van der Waals surface area (Å²) in [5.74, 6) is -1.05. The molecule has 0 fully saturated rings. The van der Waals surface area contributed by atoms with E-state index in [9.17, 15) is 9.36 Å². The fourth-order valence-electron chi connectivity index (χ4n) is 1.06. The predicted octanol–water partition coefficient (Wildman–Crippen LogP) is 2.29. The van der Waals surface area contributed by atoms with Gasteiger partial charge in [-0.25, -0.2) is 4.79 Å². The Labute approximate surface area is 87.1 Å². The molecule has 14 heavy (non-hydrogen) atoms. The number of aromatic carboxylic acids is 1. The lowest BCUT2D eigenvalue weighted by atomic mass is 10.2. The number of benzene rings is 1. The normalized spacial score (nSPS) is 11.4. The maximum absolute atomic E-state index is 11.7. The maximum Gasteiger partial charge on any atom is 0.335 e. The zero-order valence-corrected chi connectivity index (χ0v) is 9.47. The molecule has 0 atom stereocenters. The van der Waals surface area contributed by atoms with Gasteiger partial charge in [0.15, 0.2) is 0 Å². The van der Waals surface area contributed by atoms with Crippen molar-refractivity contribution in [2.45, 2.75) is 0 Å². The molecule has 1 rings (SSSR count). The second kappa shape index (κ2) is 3.76. The molecular weight excluding hydrogens is 223 g/mol. The van der Waals surface area contributed by atoms with Gasteiger partial charge in [-0.15, -0.1) is 0 Å². The lowest BCUT2D eigenvalue weighted by Crippen LogP contribution is -2.08. The summed E-state index contributed by atoms with van der Waals surface area (Å²) < 4.78 is 11.7. The molecule has 0 aliphatic rings. The van der Waals surface area contributed by atoms with Crippen molar-refractivity contribution in [3.63, 3.8) is 0 Å². The molecule has 1 aromatic carbocycles. The second-order valence-electron chi connectivity index (χ2n) is 3.32. The van der Waals surface area contributed by atoms with Crippen LogP contribution in [0.15, 0.2) is 18.2 Å². The Hall–Kier alpha value is -0.790. The molecule has 76 valence electrons. The van der Waals surface area contributed by atoms with Gasteiger partial charge in [0.05, 0.1) is 10.6 Å². The van der Waals surface area contributed by atoms with Gasteiger partial charge >= 0.3 is 5.97 Å². The number of carbonyl (C=O) groups is 1. The summed E-state index contributed by atoms with van der Waals surface area (Å²) in [6.07, 6.45) is 0. The fraction of sp³-hybridized carbons (Fsp3) is 0.222. The second-order valence-corrected chi connectivity index (χ2v) is 6.91. The first-order valence-electron chi connectivity index (χ1n) is 3.91. The highest BCUT2D eigenvalue weighted by Crippen LogP contribution is 2.37. The van der Waals surface area contributed by atoms with Crippen LogP contribution in [0.3, 0.4) is 0 Å². The highest BCUT2D eigenvalue weighted by molar-refractivity contribution is 7.70. The molecule has 0 aromatic heterocycles. The number of halogens is 1. The molecule has 0 radical (unpaired) electrons. The van der Waals surface area contributed by atoms with E-state index >= 15 is 0 Å². The quantitative estimate of drug-likeness (QED) is 0.796. The number of rotatable bonds is 2. The van der Waals surface area contributed by atoms with Crippen molar-refractivity contribution in [3.8, 4) is 0 Å². The third-order valence-corrected chi connectivity index (χ3v) is 3.76. The lowest BCUT2D eigenvalue weighted by molar-refractivity contribution is 0.0697. The summed E-state index contributed by atoms with van der Waals surface area (Å²) in [5.41, 5.74) is 0.105. The molecule has 0 heterocycles. The molecular formula is C9H10ClO3P. The molecule has 5 heteroatoms. The SMILES string of the molecule is CP(C)(=O)c1cc(C(=O)O)ccc1Cl. The average Bonchev–Trinajstić information content (AvgIpc) is 2.02. The average molecular weight is 233 g/mol. The van der Waals surface area contributed by atoms with Crippen LogP contribution in [0.4, 0.5) is 0 Å². The monoisotopic (exact) mass is 232 g/mol. The Bertz CT molecular complexity index is 422. The zero-order chi connectivity index (χ0) is 10.9. The van der Waals surface area contributed by atoms with Gasteiger partial charge in [-0.2, -0.15) is 0 Å². The van der Waals surface area contributed by atoms with E-state index in [1.165, 1.54) is 18.2 Å². The highest BCUT2D eigenvalue weighted by atomic mass is 35.5.